The van der Waals surface area contributed by atoms with Crippen LogP contribution in [0.25, 0.3) is 10.3 Å². The molecule has 3 rings (SSSR count). The fourth-order valence-electron chi connectivity index (χ4n) is 0.871. The third-order valence-electron chi connectivity index (χ3n) is 1.44. The Morgan fingerprint density at radius 2 is 2.21 bits per heavy atom. The maximum atomic E-state index is 4.10. The maximum absolute atomic E-state index is 4.10. The van der Waals surface area contributed by atoms with Gasteiger partial charge in [-0.1, -0.05) is 5.21 Å². The first kappa shape index (κ1) is 8.76. The summed E-state index contributed by atoms with van der Waals surface area (Å²) in [5, 5.41) is 9.26. The van der Waals surface area contributed by atoms with E-state index in [0.717, 1.165) is 10.3 Å². The summed E-state index contributed by atoms with van der Waals surface area (Å²) in [6, 6.07) is 3.85. The standard InChI is InChI=1S/C6H4N2S.C2H3N3/c1-2-5-6(7-3-1)9-4-8-5;1-2-4-5-3-1/h1-4H;1-2H,(H,3,4,5). The molecule has 1 N–H and O–H groups in total. The van der Waals surface area contributed by atoms with Crippen molar-refractivity contribution >= 4 is 21.7 Å². The van der Waals surface area contributed by atoms with E-state index in [1.54, 1.807) is 35.4 Å². The average Bonchev–Trinajstić information content (AvgIpc) is 2.92. The fourth-order valence-corrected chi connectivity index (χ4v) is 1.50. The first-order chi connectivity index (χ1) is 6.97. The molecule has 14 heavy (non-hydrogen) atoms. The largest absolute Gasteiger partial charge is 0.266 e. The van der Waals surface area contributed by atoms with E-state index >= 15 is 0 Å². The SMILES string of the molecule is c1c[nH]nn1.c1cnc2scnc2c1. The summed E-state index contributed by atoms with van der Waals surface area (Å²) in [5.74, 6) is 0. The number of aromatic amines is 1. The highest BCUT2D eigenvalue weighted by atomic mass is 32.1. The summed E-state index contributed by atoms with van der Waals surface area (Å²) < 4.78 is 0. The third kappa shape index (κ3) is 2.11. The Morgan fingerprint density at radius 3 is 2.86 bits per heavy atom. The van der Waals surface area contributed by atoms with Gasteiger partial charge < -0.3 is 0 Å². The number of rotatable bonds is 0. The Balaban J connectivity index is 0.000000128. The number of H-pyrrole nitrogens is 1. The van der Waals surface area contributed by atoms with Crippen LogP contribution in [0.4, 0.5) is 0 Å². The third-order valence-corrected chi connectivity index (χ3v) is 2.19. The van der Waals surface area contributed by atoms with E-state index < -0.39 is 0 Å². The molecule has 0 saturated heterocycles. The lowest BCUT2D eigenvalue weighted by Gasteiger charge is -1.80. The van der Waals surface area contributed by atoms with Gasteiger partial charge in [0.25, 0.3) is 0 Å². The highest BCUT2D eigenvalue weighted by Crippen LogP contribution is 2.12. The number of thiazole rings is 1. The van der Waals surface area contributed by atoms with Gasteiger partial charge in [-0.05, 0) is 12.1 Å². The lowest BCUT2D eigenvalue weighted by molar-refractivity contribution is 0.940. The number of aromatic nitrogens is 5. The predicted molar refractivity (Wildman–Crippen MR) is 53.8 cm³/mol. The summed E-state index contributed by atoms with van der Waals surface area (Å²) in [6.45, 7) is 0. The summed E-state index contributed by atoms with van der Waals surface area (Å²) in [4.78, 5) is 9.18. The van der Waals surface area contributed by atoms with Crippen LogP contribution < -0.4 is 0 Å². The van der Waals surface area contributed by atoms with E-state index in [1.165, 1.54) is 0 Å². The molecule has 5 nitrogen and oxygen atoms in total. The van der Waals surface area contributed by atoms with Gasteiger partial charge in [-0.25, -0.2) is 9.97 Å². The molecular formula is C8H7N5S. The summed E-state index contributed by atoms with van der Waals surface area (Å²) in [7, 11) is 0. The summed E-state index contributed by atoms with van der Waals surface area (Å²) >= 11 is 1.57. The van der Waals surface area contributed by atoms with Crippen molar-refractivity contribution in [3.63, 3.8) is 0 Å². The molecule has 6 heteroatoms. The number of fused-ring (bicyclic) bond motifs is 1. The van der Waals surface area contributed by atoms with Gasteiger partial charge in [-0.2, -0.15) is 0 Å². The van der Waals surface area contributed by atoms with Crippen molar-refractivity contribution in [2.75, 3.05) is 0 Å². The van der Waals surface area contributed by atoms with Crippen LogP contribution in [0.15, 0.2) is 36.2 Å². The molecule has 3 heterocycles. The molecule has 0 spiro atoms. The first-order valence-corrected chi connectivity index (χ1v) is 4.79. The van der Waals surface area contributed by atoms with Crippen LogP contribution in [0.5, 0.6) is 0 Å². The Morgan fingerprint density at radius 1 is 1.21 bits per heavy atom. The minimum absolute atomic E-state index is 0.988. The Bertz CT molecular complexity index is 428. The fraction of sp³-hybridized carbons (Fsp3) is 0. The molecule has 3 aromatic heterocycles. The summed E-state index contributed by atoms with van der Waals surface area (Å²) in [5.41, 5.74) is 2.79. The van der Waals surface area contributed by atoms with E-state index in [9.17, 15) is 0 Å². The highest BCUT2D eigenvalue weighted by Gasteiger charge is 1.91. The average molecular weight is 205 g/mol. The van der Waals surface area contributed by atoms with Crippen LogP contribution in [-0.4, -0.2) is 25.4 Å². The zero-order chi connectivity index (χ0) is 9.64. The normalized spacial score (nSPS) is 9.43. The number of nitrogens with one attached hydrogen (secondary N) is 1. The zero-order valence-corrected chi connectivity index (χ0v) is 7.98. The molecule has 70 valence electrons. The van der Waals surface area contributed by atoms with Crippen molar-refractivity contribution in [1.82, 2.24) is 25.4 Å². The second-order valence-electron chi connectivity index (χ2n) is 2.34. The topological polar surface area (TPSA) is 67.3 Å². The number of hydrogen-bond acceptors (Lipinski definition) is 5. The molecule has 0 unspecified atom stereocenters. The number of nitrogens with zero attached hydrogens (tertiary/aromatic N) is 4. The second-order valence-corrected chi connectivity index (χ2v) is 3.17. The molecule has 0 aliphatic rings. The molecule has 0 fully saturated rings. The van der Waals surface area contributed by atoms with Crippen LogP contribution in [0.3, 0.4) is 0 Å². The number of hydrogen-bond donors (Lipinski definition) is 1. The molecule has 0 radical (unpaired) electrons. The van der Waals surface area contributed by atoms with Crippen LogP contribution in [0.2, 0.25) is 0 Å². The van der Waals surface area contributed by atoms with Crippen molar-refractivity contribution in [2.24, 2.45) is 0 Å². The van der Waals surface area contributed by atoms with Crippen LogP contribution in [0, 0.1) is 0 Å². The Hall–Kier alpha value is -1.82. The quantitative estimate of drug-likeness (QED) is 0.603. The highest BCUT2D eigenvalue weighted by molar-refractivity contribution is 7.16. The van der Waals surface area contributed by atoms with Gasteiger partial charge in [0.1, 0.15) is 4.83 Å². The van der Waals surface area contributed by atoms with Gasteiger partial charge in [-0.15, -0.1) is 16.4 Å². The summed E-state index contributed by atoms with van der Waals surface area (Å²) in [6.07, 6.45) is 5.01. The van der Waals surface area contributed by atoms with E-state index in [-0.39, 0.29) is 0 Å². The van der Waals surface area contributed by atoms with Gasteiger partial charge in [0.15, 0.2) is 0 Å². The number of pyridine rings is 1. The van der Waals surface area contributed by atoms with Crippen LogP contribution in [-0.2, 0) is 0 Å². The molecule has 0 aromatic carbocycles. The smallest absolute Gasteiger partial charge is 0.143 e. The molecule has 3 aromatic rings. The lowest BCUT2D eigenvalue weighted by Crippen LogP contribution is -1.68. The Kier molecular flexibility index (Phi) is 2.77. The lowest BCUT2D eigenvalue weighted by atomic mass is 10.5. The van der Waals surface area contributed by atoms with Crippen LogP contribution in [0.1, 0.15) is 0 Å². The Labute approximate surface area is 83.8 Å². The van der Waals surface area contributed by atoms with Gasteiger partial charge >= 0.3 is 0 Å². The van der Waals surface area contributed by atoms with Crippen molar-refractivity contribution in [3.05, 3.63) is 36.2 Å². The van der Waals surface area contributed by atoms with Gasteiger partial charge in [0.05, 0.1) is 17.2 Å². The van der Waals surface area contributed by atoms with Crippen molar-refractivity contribution in [2.45, 2.75) is 0 Å². The molecule has 0 saturated carbocycles. The maximum Gasteiger partial charge on any atom is 0.143 e. The van der Waals surface area contributed by atoms with E-state index in [1.807, 2.05) is 12.1 Å². The van der Waals surface area contributed by atoms with E-state index in [0.29, 0.717) is 0 Å². The zero-order valence-electron chi connectivity index (χ0n) is 7.16. The van der Waals surface area contributed by atoms with Crippen molar-refractivity contribution < 1.29 is 0 Å². The molecular weight excluding hydrogens is 198 g/mol. The van der Waals surface area contributed by atoms with E-state index in [4.69, 9.17) is 0 Å². The second kappa shape index (κ2) is 4.43. The minimum atomic E-state index is 0.988. The molecule has 0 atom stereocenters. The molecule has 0 aliphatic carbocycles. The minimum Gasteiger partial charge on any atom is -0.266 e. The first-order valence-electron chi connectivity index (χ1n) is 3.91. The van der Waals surface area contributed by atoms with E-state index in [2.05, 4.69) is 25.4 Å². The molecule has 0 aliphatic heterocycles. The molecule has 0 bridgehead atoms. The monoisotopic (exact) mass is 205 g/mol. The molecule has 0 amide bonds. The van der Waals surface area contributed by atoms with Crippen molar-refractivity contribution in [1.29, 1.82) is 0 Å². The van der Waals surface area contributed by atoms with Crippen LogP contribution >= 0.6 is 11.3 Å². The van der Waals surface area contributed by atoms with Gasteiger partial charge in [-0.3, -0.25) is 5.10 Å². The predicted octanol–water partition coefficient (Wildman–Crippen LogP) is 1.50. The van der Waals surface area contributed by atoms with Gasteiger partial charge in [0.2, 0.25) is 0 Å². The van der Waals surface area contributed by atoms with Gasteiger partial charge in [0, 0.05) is 12.4 Å². The van der Waals surface area contributed by atoms with Crippen molar-refractivity contribution in [3.8, 4) is 0 Å².